The van der Waals surface area contributed by atoms with Gasteiger partial charge in [0, 0.05) is 17.3 Å². The molecular formula is C13H12ClN5. The molecule has 0 amide bonds. The van der Waals surface area contributed by atoms with Crippen LogP contribution in [0, 0.1) is 0 Å². The third-order valence-corrected chi connectivity index (χ3v) is 3.01. The van der Waals surface area contributed by atoms with Crippen LogP contribution in [0.4, 0.5) is 11.6 Å². The van der Waals surface area contributed by atoms with Gasteiger partial charge in [-0.05, 0) is 25.1 Å². The molecule has 96 valence electrons. The largest absolute Gasteiger partial charge is 0.324 e. The van der Waals surface area contributed by atoms with Crippen molar-refractivity contribution < 1.29 is 0 Å². The maximum atomic E-state index is 5.94. The van der Waals surface area contributed by atoms with Gasteiger partial charge in [0.1, 0.15) is 5.52 Å². The molecule has 3 aromatic rings. The zero-order valence-electron chi connectivity index (χ0n) is 10.3. The minimum absolute atomic E-state index is 0.532. The molecule has 1 aromatic carbocycles. The standard InChI is InChI=1S/C13H12ClN5/c1-2-19-8-16-11-7-15-13(18-12(11)19)17-10-5-3-4-9(14)6-10/h3-8H,2H2,1H3,(H,15,17,18). The van der Waals surface area contributed by atoms with Crippen LogP contribution in [-0.2, 0) is 6.54 Å². The fraction of sp³-hybridized carbons (Fsp3) is 0.154. The molecule has 0 fully saturated rings. The molecule has 0 aliphatic carbocycles. The van der Waals surface area contributed by atoms with Crippen LogP contribution in [0.5, 0.6) is 0 Å². The van der Waals surface area contributed by atoms with E-state index in [1.807, 2.05) is 35.8 Å². The van der Waals surface area contributed by atoms with Crippen molar-refractivity contribution in [1.29, 1.82) is 0 Å². The molecule has 0 saturated heterocycles. The Morgan fingerprint density at radius 2 is 2.21 bits per heavy atom. The molecule has 6 heteroatoms. The van der Waals surface area contributed by atoms with E-state index in [-0.39, 0.29) is 0 Å². The van der Waals surface area contributed by atoms with Crippen LogP contribution in [0.1, 0.15) is 6.92 Å². The summed E-state index contributed by atoms with van der Waals surface area (Å²) in [4.78, 5) is 12.9. The molecule has 3 rings (SSSR count). The van der Waals surface area contributed by atoms with E-state index in [0.29, 0.717) is 11.0 Å². The van der Waals surface area contributed by atoms with Crippen molar-refractivity contribution in [2.45, 2.75) is 13.5 Å². The van der Waals surface area contributed by atoms with E-state index in [0.717, 1.165) is 23.4 Å². The molecule has 0 bridgehead atoms. The molecule has 0 radical (unpaired) electrons. The van der Waals surface area contributed by atoms with Crippen LogP contribution in [-0.4, -0.2) is 19.5 Å². The number of benzene rings is 1. The first kappa shape index (κ1) is 11.9. The van der Waals surface area contributed by atoms with E-state index >= 15 is 0 Å². The Morgan fingerprint density at radius 1 is 1.32 bits per heavy atom. The smallest absolute Gasteiger partial charge is 0.229 e. The maximum Gasteiger partial charge on any atom is 0.229 e. The summed E-state index contributed by atoms with van der Waals surface area (Å²) in [5.41, 5.74) is 2.47. The highest BCUT2D eigenvalue weighted by Crippen LogP contribution is 2.19. The lowest BCUT2D eigenvalue weighted by Gasteiger charge is -2.05. The number of hydrogen-bond donors (Lipinski definition) is 1. The normalized spacial score (nSPS) is 10.8. The lowest BCUT2D eigenvalue weighted by Crippen LogP contribution is -1.99. The van der Waals surface area contributed by atoms with Gasteiger partial charge < -0.3 is 9.88 Å². The number of fused-ring (bicyclic) bond motifs is 1. The van der Waals surface area contributed by atoms with Crippen LogP contribution in [0.15, 0.2) is 36.8 Å². The number of halogens is 1. The highest BCUT2D eigenvalue weighted by Gasteiger charge is 2.05. The van der Waals surface area contributed by atoms with Gasteiger partial charge in [-0.15, -0.1) is 0 Å². The number of aromatic nitrogens is 4. The van der Waals surface area contributed by atoms with E-state index in [4.69, 9.17) is 11.6 Å². The van der Waals surface area contributed by atoms with Gasteiger partial charge in [0.15, 0.2) is 5.65 Å². The van der Waals surface area contributed by atoms with E-state index in [1.165, 1.54) is 0 Å². The molecule has 5 nitrogen and oxygen atoms in total. The first-order valence-electron chi connectivity index (χ1n) is 5.96. The first-order chi connectivity index (χ1) is 9.26. The van der Waals surface area contributed by atoms with E-state index < -0.39 is 0 Å². The van der Waals surface area contributed by atoms with E-state index in [1.54, 1.807) is 12.5 Å². The van der Waals surface area contributed by atoms with Crippen LogP contribution < -0.4 is 5.32 Å². The monoisotopic (exact) mass is 273 g/mol. The Kier molecular flexibility index (Phi) is 3.05. The predicted molar refractivity (Wildman–Crippen MR) is 75.7 cm³/mol. The maximum absolute atomic E-state index is 5.94. The second kappa shape index (κ2) is 4.85. The Morgan fingerprint density at radius 3 is 3.00 bits per heavy atom. The highest BCUT2D eigenvalue weighted by molar-refractivity contribution is 6.30. The summed E-state index contributed by atoms with van der Waals surface area (Å²) in [7, 11) is 0. The lowest BCUT2D eigenvalue weighted by atomic mass is 10.3. The molecule has 19 heavy (non-hydrogen) atoms. The fourth-order valence-corrected chi connectivity index (χ4v) is 2.03. The van der Waals surface area contributed by atoms with Crippen molar-refractivity contribution in [3.63, 3.8) is 0 Å². The number of imidazole rings is 1. The molecule has 0 atom stereocenters. The summed E-state index contributed by atoms with van der Waals surface area (Å²) < 4.78 is 1.97. The number of rotatable bonds is 3. The molecule has 0 spiro atoms. The molecule has 0 aliphatic heterocycles. The fourth-order valence-electron chi connectivity index (χ4n) is 1.84. The predicted octanol–water partition coefficient (Wildman–Crippen LogP) is 3.24. The Bertz CT molecular complexity index is 722. The average Bonchev–Trinajstić information content (AvgIpc) is 2.81. The minimum atomic E-state index is 0.532. The molecule has 0 aliphatic rings. The average molecular weight is 274 g/mol. The van der Waals surface area contributed by atoms with Gasteiger partial charge >= 0.3 is 0 Å². The zero-order valence-corrected chi connectivity index (χ0v) is 11.1. The van der Waals surface area contributed by atoms with Gasteiger partial charge in [-0.2, -0.15) is 4.98 Å². The van der Waals surface area contributed by atoms with Gasteiger partial charge in [-0.3, -0.25) is 0 Å². The van der Waals surface area contributed by atoms with Crippen molar-refractivity contribution >= 4 is 34.4 Å². The summed E-state index contributed by atoms with van der Waals surface area (Å²) in [6.07, 6.45) is 3.48. The van der Waals surface area contributed by atoms with E-state index in [9.17, 15) is 0 Å². The molecular weight excluding hydrogens is 262 g/mol. The topological polar surface area (TPSA) is 55.6 Å². The van der Waals surface area contributed by atoms with Gasteiger partial charge in [-0.1, -0.05) is 17.7 Å². The van der Waals surface area contributed by atoms with Crippen LogP contribution in [0.3, 0.4) is 0 Å². The van der Waals surface area contributed by atoms with Crippen LogP contribution in [0.2, 0.25) is 5.02 Å². The third kappa shape index (κ3) is 2.37. The summed E-state index contributed by atoms with van der Waals surface area (Å²) in [5, 5.41) is 3.80. The molecule has 2 heterocycles. The number of aryl methyl sites for hydroxylation is 1. The van der Waals surface area contributed by atoms with Gasteiger partial charge in [0.05, 0.1) is 12.5 Å². The Hall–Kier alpha value is -2.14. The molecule has 0 saturated carbocycles. The van der Waals surface area contributed by atoms with Crippen LogP contribution in [0.25, 0.3) is 11.2 Å². The zero-order chi connectivity index (χ0) is 13.2. The van der Waals surface area contributed by atoms with Crippen molar-refractivity contribution in [3.05, 3.63) is 41.8 Å². The minimum Gasteiger partial charge on any atom is -0.324 e. The number of nitrogens with zero attached hydrogens (tertiary/aromatic N) is 4. The van der Waals surface area contributed by atoms with Gasteiger partial charge in [0.2, 0.25) is 5.95 Å². The lowest BCUT2D eigenvalue weighted by molar-refractivity contribution is 0.778. The number of hydrogen-bond acceptors (Lipinski definition) is 4. The van der Waals surface area contributed by atoms with Gasteiger partial charge in [-0.25, -0.2) is 9.97 Å². The van der Waals surface area contributed by atoms with Crippen molar-refractivity contribution in [1.82, 2.24) is 19.5 Å². The second-order valence-corrected chi connectivity index (χ2v) is 4.50. The number of anilines is 2. The van der Waals surface area contributed by atoms with Gasteiger partial charge in [0.25, 0.3) is 0 Å². The number of nitrogens with one attached hydrogen (secondary N) is 1. The van der Waals surface area contributed by atoms with Crippen molar-refractivity contribution in [3.8, 4) is 0 Å². The summed E-state index contributed by atoms with van der Waals surface area (Å²) in [5.74, 6) is 0.532. The van der Waals surface area contributed by atoms with E-state index in [2.05, 4.69) is 20.3 Å². The first-order valence-corrected chi connectivity index (χ1v) is 6.34. The molecule has 0 unspecified atom stereocenters. The second-order valence-electron chi connectivity index (χ2n) is 4.07. The SMILES string of the molecule is CCn1cnc2cnc(Nc3cccc(Cl)c3)nc21. The van der Waals surface area contributed by atoms with Crippen molar-refractivity contribution in [2.75, 3.05) is 5.32 Å². The molecule has 2 aromatic heterocycles. The Balaban J connectivity index is 1.96. The quantitative estimate of drug-likeness (QED) is 0.796. The summed E-state index contributed by atoms with van der Waals surface area (Å²) in [6.45, 7) is 2.87. The highest BCUT2D eigenvalue weighted by atomic mass is 35.5. The Labute approximate surface area is 115 Å². The van der Waals surface area contributed by atoms with Crippen molar-refractivity contribution in [2.24, 2.45) is 0 Å². The van der Waals surface area contributed by atoms with Crippen LogP contribution >= 0.6 is 11.6 Å². The third-order valence-electron chi connectivity index (χ3n) is 2.78. The summed E-state index contributed by atoms with van der Waals surface area (Å²) >= 11 is 5.94. The molecule has 1 N–H and O–H groups in total. The summed E-state index contributed by atoms with van der Waals surface area (Å²) in [6, 6.07) is 7.44.